The molecular formula is C15H21N3O2. The van der Waals surface area contributed by atoms with Gasteiger partial charge in [-0.05, 0) is 30.2 Å². The van der Waals surface area contributed by atoms with Crippen LogP contribution >= 0.6 is 0 Å². The summed E-state index contributed by atoms with van der Waals surface area (Å²) in [5, 5.41) is 5.64. The molecule has 1 atom stereocenters. The maximum Gasteiger partial charge on any atom is 0.321 e. The predicted molar refractivity (Wildman–Crippen MR) is 79.9 cm³/mol. The first-order chi connectivity index (χ1) is 9.60. The molecule has 0 saturated carbocycles. The summed E-state index contributed by atoms with van der Waals surface area (Å²) in [7, 11) is 0. The van der Waals surface area contributed by atoms with Crippen LogP contribution in [0.2, 0.25) is 0 Å². The lowest BCUT2D eigenvalue weighted by Gasteiger charge is -2.15. The van der Waals surface area contributed by atoms with Crippen molar-refractivity contribution in [2.75, 3.05) is 23.3 Å². The molecule has 0 radical (unpaired) electrons. The van der Waals surface area contributed by atoms with Crippen molar-refractivity contribution in [3.05, 3.63) is 24.3 Å². The van der Waals surface area contributed by atoms with E-state index in [-0.39, 0.29) is 11.9 Å². The topological polar surface area (TPSA) is 61.4 Å². The second-order valence-electron chi connectivity index (χ2n) is 5.20. The van der Waals surface area contributed by atoms with E-state index in [4.69, 9.17) is 0 Å². The third-order valence-corrected chi connectivity index (χ3v) is 3.55. The Bertz CT molecular complexity index is 484. The maximum atomic E-state index is 11.8. The zero-order chi connectivity index (χ0) is 14.5. The van der Waals surface area contributed by atoms with E-state index in [1.165, 1.54) is 0 Å². The molecule has 1 aliphatic rings. The fourth-order valence-corrected chi connectivity index (χ4v) is 2.12. The molecule has 1 aromatic rings. The quantitative estimate of drug-likeness (QED) is 0.867. The molecule has 1 saturated heterocycles. The first kappa shape index (κ1) is 14.4. The van der Waals surface area contributed by atoms with Crippen molar-refractivity contribution in [3.8, 4) is 0 Å². The van der Waals surface area contributed by atoms with Gasteiger partial charge in [-0.25, -0.2) is 4.79 Å². The number of benzene rings is 1. The van der Waals surface area contributed by atoms with Crippen LogP contribution in [0, 0.1) is 5.92 Å². The van der Waals surface area contributed by atoms with Crippen LogP contribution in [0.5, 0.6) is 0 Å². The number of nitrogens with zero attached hydrogens (tertiary/aromatic N) is 1. The molecule has 3 amide bonds. The van der Waals surface area contributed by atoms with E-state index in [0.29, 0.717) is 25.4 Å². The van der Waals surface area contributed by atoms with Gasteiger partial charge in [0.05, 0.1) is 0 Å². The number of carbonyl (C=O) groups excluding carboxylic acids is 2. The number of urea groups is 1. The molecule has 108 valence electrons. The second-order valence-corrected chi connectivity index (χ2v) is 5.20. The number of hydrogen-bond acceptors (Lipinski definition) is 2. The van der Waals surface area contributed by atoms with Gasteiger partial charge in [0.15, 0.2) is 0 Å². The van der Waals surface area contributed by atoms with Crippen molar-refractivity contribution in [2.45, 2.75) is 26.7 Å². The van der Waals surface area contributed by atoms with E-state index in [1.807, 2.05) is 24.3 Å². The molecule has 20 heavy (non-hydrogen) atoms. The second kappa shape index (κ2) is 6.41. The predicted octanol–water partition coefficient (Wildman–Crippen LogP) is 2.59. The van der Waals surface area contributed by atoms with Crippen molar-refractivity contribution >= 4 is 23.3 Å². The molecule has 1 aliphatic heterocycles. The summed E-state index contributed by atoms with van der Waals surface area (Å²) in [5.41, 5.74) is 1.61. The molecule has 0 bridgehead atoms. The van der Waals surface area contributed by atoms with Crippen LogP contribution < -0.4 is 15.5 Å². The molecule has 1 fully saturated rings. The molecule has 0 aromatic heterocycles. The lowest BCUT2D eigenvalue weighted by atomic mass is 10.1. The summed E-state index contributed by atoms with van der Waals surface area (Å²) in [6.07, 6.45) is 1.53. The third-order valence-electron chi connectivity index (χ3n) is 3.55. The van der Waals surface area contributed by atoms with Gasteiger partial charge < -0.3 is 10.6 Å². The highest BCUT2D eigenvalue weighted by Crippen LogP contribution is 2.20. The van der Waals surface area contributed by atoms with Crippen LogP contribution in [-0.4, -0.2) is 25.0 Å². The average Bonchev–Trinajstić information content (AvgIpc) is 2.85. The van der Waals surface area contributed by atoms with E-state index in [2.05, 4.69) is 24.5 Å². The van der Waals surface area contributed by atoms with Gasteiger partial charge in [0.25, 0.3) is 0 Å². The highest BCUT2D eigenvalue weighted by Gasteiger charge is 2.20. The van der Waals surface area contributed by atoms with Gasteiger partial charge in [-0.15, -0.1) is 0 Å². The zero-order valence-corrected chi connectivity index (χ0v) is 12.0. The molecular weight excluding hydrogens is 254 g/mol. The van der Waals surface area contributed by atoms with Gasteiger partial charge in [0, 0.05) is 30.9 Å². The largest absolute Gasteiger partial charge is 0.336 e. The first-order valence-corrected chi connectivity index (χ1v) is 7.05. The highest BCUT2D eigenvalue weighted by molar-refractivity contribution is 5.95. The van der Waals surface area contributed by atoms with Gasteiger partial charge in [-0.3, -0.25) is 9.69 Å². The van der Waals surface area contributed by atoms with E-state index in [1.54, 1.807) is 4.90 Å². The smallest absolute Gasteiger partial charge is 0.321 e. The summed E-state index contributed by atoms with van der Waals surface area (Å²) in [5.74, 6) is 0.425. The molecule has 2 N–H and O–H groups in total. The van der Waals surface area contributed by atoms with Crippen LogP contribution in [0.3, 0.4) is 0 Å². The number of anilines is 2. The first-order valence-electron chi connectivity index (χ1n) is 7.05. The fraction of sp³-hybridized carbons (Fsp3) is 0.467. The molecule has 1 unspecified atom stereocenters. The Morgan fingerprint density at radius 2 is 2.10 bits per heavy atom. The van der Waals surface area contributed by atoms with Gasteiger partial charge in [0.2, 0.25) is 5.91 Å². The van der Waals surface area contributed by atoms with Gasteiger partial charge in [0.1, 0.15) is 0 Å². The average molecular weight is 275 g/mol. The number of hydrogen-bond donors (Lipinski definition) is 2. The minimum Gasteiger partial charge on any atom is -0.336 e. The van der Waals surface area contributed by atoms with Crippen LogP contribution in [0.25, 0.3) is 0 Å². The van der Waals surface area contributed by atoms with Crippen molar-refractivity contribution in [1.29, 1.82) is 0 Å². The normalized spacial score (nSPS) is 15.9. The Morgan fingerprint density at radius 3 is 2.65 bits per heavy atom. The lowest BCUT2D eigenvalue weighted by Crippen LogP contribution is -2.27. The number of rotatable bonds is 5. The molecule has 0 aliphatic carbocycles. The van der Waals surface area contributed by atoms with E-state index in [9.17, 15) is 9.59 Å². The molecule has 1 heterocycles. The molecule has 5 heteroatoms. The van der Waals surface area contributed by atoms with Crippen molar-refractivity contribution < 1.29 is 9.59 Å². The maximum absolute atomic E-state index is 11.8. The third kappa shape index (κ3) is 3.50. The standard InChI is InChI=1S/C15H21N3O2/c1-3-11(2)10-14(19)17-12-4-6-13(7-5-12)18-9-8-16-15(18)20/h4-7,11H,3,8-10H2,1-2H3,(H,16,20)(H,17,19). The molecule has 5 nitrogen and oxygen atoms in total. The van der Waals surface area contributed by atoms with Crippen LogP contribution in [0.1, 0.15) is 26.7 Å². The van der Waals surface area contributed by atoms with Gasteiger partial charge >= 0.3 is 6.03 Å². The summed E-state index contributed by atoms with van der Waals surface area (Å²) in [4.78, 5) is 25.0. The van der Waals surface area contributed by atoms with Crippen molar-refractivity contribution in [2.24, 2.45) is 5.92 Å². The Morgan fingerprint density at radius 1 is 1.40 bits per heavy atom. The summed E-state index contributed by atoms with van der Waals surface area (Å²) < 4.78 is 0. The monoisotopic (exact) mass is 275 g/mol. The number of nitrogens with one attached hydrogen (secondary N) is 2. The Kier molecular flexibility index (Phi) is 4.61. The highest BCUT2D eigenvalue weighted by atomic mass is 16.2. The van der Waals surface area contributed by atoms with Crippen LogP contribution in [-0.2, 0) is 4.79 Å². The molecule has 1 aromatic carbocycles. The summed E-state index contributed by atoms with van der Waals surface area (Å²) in [6, 6.07) is 7.29. The Labute approximate surface area is 119 Å². The number of amides is 3. The minimum absolute atomic E-state index is 0.0333. The molecule has 2 rings (SSSR count). The zero-order valence-electron chi connectivity index (χ0n) is 12.0. The van der Waals surface area contributed by atoms with E-state index in [0.717, 1.165) is 17.8 Å². The van der Waals surface area contributed by atoms with Crippen molar-refractivity contribution in [3.63, 3.8) is 0 Å². The SMILES string of the molecule is CCC(C)CC(=O)Nc1ccc(N2CCNC2=O)cc1. The van der Waals surface area contributed by atoms with Crippen molar-refractivity contribution in [1.82, 2.24) is 5.32 Å². The Hall–Kier alpha value is -2.04. The lowest BCUT2D eigenvalue weighted by molar-refractivity contribution is -0.117. The van der Waals surface area contributed by atoms with E-state index >= 15 is 0 Å². The Balaban J connectivity index is 1.94. The minimum atomic E-state index is -0.0708. The van der Waals surface area contributed by atoms with Crippen LogP contribution in [0.4, 0.5) is 16.2 Å². The molecule has 0 spiro atoms. The van der Waals surface area contributed by atoms with Gasteiger partial charge in [-0.1, -0.05) is 20.3 Å². The summed E-state index contributed by atoms with van der Waals surface area (Å²) >= 11 is 0. The van der Waals surface area contributed by atoms with E-state index < -0.39 is 0 Å². The number of carbonyl (C=O) groups is 2. The summed E-state index contributed by atoms with van der Waals surface area (Å²) in [6.45, 7) is 5.49. The van der Waals surface area contributed by atoms with Crippen LogP contribution in [0.15, 0.2) is 24.3 Å². The fourth-order valence-electron chi connectivity index (χ4n) is 2.12. The van der Waals surface area contributed by atoms with Gasteiger partial charge in [-0.2, -0.15) is 0 Å².